The van der Waals surface area contributed by atoms with Crippen molar-refractivity contribution in [3.63, 3.8) is 0 Å². The number of imidazole rings is 1. The maximum absolute atomic E-state index is 5.51. The topological polar surface area (TPSA) is 43.2 Å². The first-order valence-corrected chi connectivity index (χ1v) is 8.89. The average molecular weight is 314 g/mol. The minimum absolute atomic E-state index is 0.625. The van der Waals surface area contributed by atoms with Crippen molar-refractivity contribution in [3.05, 3.63) is 24.2 Å². The van der Waals surface area contributed by atoms with Gasteiger partial charge in [-0.1, -0.05) is 0 Å². The molecule has 4 heterocycles. The summed E-state index contributed by atoms with van der Waals surface area (Å²) in [5.41, 5.74) is 2.09. The van der Waals surface area contributed by atoms with Crippen LogP contribution >= 0.6 is 0 Å². The molecule has 2 saturated heterocycles. The smallest absolute Gasteiger partial charge is 0.159 e. The van der Waals surface area contributed by atoms with E-state index in [0.29, 0.717) is 12.0 Å². The van der Waals surface area contributed by atoms with Crippen LogP contribution in [-0.4, -0.2) is 52.3 Å². The Kier molecular flexibility index (Phi) is 4.31. The summed E-state index contributed by atoms with van der Waals surface area (Å²) in [5, 5.41) is 0. The Morgan fingerprint density at radius 2 is 2.13 bits per heavy atom. The van der Waals surface area contributed by atoms with E-state index in [1.807, 2.05) is 12.3 Å². The second-order valence-electron chi connectivity index (χ2n) is 7.02. The molecule has 0 saturated carbocycles. The lowest BCUT2D eigenvalue weighted by atomic mass is 10.00. The highest BCUT2D eigenvalue weighted by atomic mass is 16.5. The van der Waals surface area contributed by atoms with Gasteiger partial charge in [0, 0.05) is 38.4 Å². The lowest BCUT2D eigenvalue weighted by molar-refractivity contribution is 0.0612. The van der Waals surface area contributed by atoms with E-state index in [9.17, 15) is 0 Å². The molecule has 0 bridgehead atoms. The molecule has 2 aromatic heterocycles. The minimum atomic E-state index is 0.625. The fourth-order valence-corrected chi connectivity index (χ4v) is 3.99. The molecule has 4 rings (SSSR count). The summed E-state index contributed by atoms with van der Waals surface area (Å²) in [6.45, 7) is 4.03. The number of rotatable bonds is 4. The van der Waals surface area contributed by atoms with Gasteiger partial charge in [-0.15, -0.1) is 0 Å². The molecule has 5 nitrogen and oxygen atoms in total. The van der Waals surface area contributed by atoms with E-state index in [2.05, 4.69) is 27.6 Å². The molecular formula is C18H26N4O. The zero-order valence-electron chi connectivity index (χ0n) is 13.9. The lowest BCUT2D eigenvalue weighted by Crippen LogP contribution is -2.29. The van der Waals surface area contributed by atoms with Gasteiger partial charge in [0.05, 0.1) is 0 Å². The normalized spacial score (nSPS) is 23.8. The second kappa shape index (κ2) is 6.57. The van der Waals surface area contributed by atoms with Crippen molar-refractivity contribution in [2.24, 2.45) is 5.92 Å². The lowest BCUT2D eigenvalue weighted by Gasteiger charge is -2.24. The number of nitrogens with zero attached hydrogens (tertiary/aromatic N) is 4. The van der Waals surface area contributed by atoms with Crippen LogP contribution in [0.4, 0.5) is 0 Å². The maximum atomic E-state index is 5.51. The predicted molar refractivity (Wildman–Crippen MR) is 90.4 cm³/mol. The quantitative estimate of drug-likeness (QED) is 0.869. The third-order valence-electron chi connectivity index (χ3n) is 5.45. The van der Waals surface area contributed by atoms with Crippen molar-refractivity contribution in [2.75, 3.05) is 26.8 Å². The summed E-state index contributed by atoms with van der Waals surface area (Å²) in [5.74, 6) is 1.90. The molecule has 2 aliphatic heterocycles. The Hall–Kier alpha value is -1.46. The molecule has 0 spiro atoms. The molecule has 1 atom stereocenters. The summed E-state index contributed by atoms with van der Waals surface area (Å²) in [6.07, 6.45) is 7.81. The first-order chi connectivity index (χ1) is 11.3. The van der Waals surface area contributed by atoms with E-state index in [1.54, 1.807) is 0 Å². The highest BCUT2D eigenvalue weighted by molar-refractivity contribution is 5.71. The fourth-order valence-electron chi connectivity index (χ4n) is 3.99. The average Bonchev–Trinajstić information content (AvgIpc) is 3.13. The number of hydrogen-bond donors (Lipinski definition) is 0. The summed E-state index contributed by atoms with van der Waals surface area (Å²) < 4.78 is 7.90. The maximum Gasteiger partial charge on any atom is 0.159 e. The Bertz CT molecular complexity index is 662. The zero-order valence-corrected chi connectivity index (χ0v) is 13.9. The minimum Gasteiger partial charge on any atom is -0.381 e. The molecule has 0 N–H and O–H groups in total. The van der Waals surface area contributed by atoms with E-state index in [1.165, 1.54) is 25.2 Å². The predicted octanol–water partition coefficient (Wildman–Crippen LogP) is 2.49. The fraction of sp³-hybridized carbons (Fsp3) is 0.667. The van der Waals surface area contributed by atoms with Crippen molar-refractivity contribution in [1.82, 2.24) is 19.4 Å². The van der Waals surface area contributed by atoms with E-state index in [4.69, 9.17) is 9.72 Å². The third-order valence-corrected chi connectivity index (χ3v) is 5.45. The second-order valence-corrected chi connectivity index (χ2v) is 7.02. The molecule has 5 heteroatoms. The summed E-state index contributed by atoms with van der Waals surface area (Å²) in [6, 6.07) is 4.70. The molecule has 0 radical (unpaired) electrons. The Morgan fingerprint density at radius 3 is 2.91 bits per heavy atom. The highest BCUT2D eigenvalue weighted by Crippen LogP contribution is 2.24. The van der Waals surface area contributed by atoms with Crippen LogP contribution in [0.1, 0.15) is 31.5 Å². The summed E-state index contributed by atoms with van der Waals surface area (Å²) >= 11 is 0. The van der Waals surface area contributed by atoms with Crippen LogP contribution in [0.3, 0.4) is 0 Å². The number of aromatic nitrogens is 3. The molecule has 2 aromatic rings. The van der Waals surface area contributed by atoms with E-state index < -0.39 is 0 Å². The first kappa shape index (κ1) is 15.1. The molecule has 0 amide bonds. The van der Waals surface area contributed by atoms with Gasteiger partial charge < -0.3 is 14.2 Å². The number of pyridine rings is 1. The molecule has 23 heavy (non-hydrogen) atoms. The van der Waals surface area contributed by atoms with Crippen LogP contribution in [0.2, 0.25) is 0 Å². The van der Waals surface area contributed by atoms with Crippen LogP contribution < -0.4 is 0 Å². The zero-order chi connectivity index (χ0) is 15.6. The number of fused-ring (bicyclic) bond motifs is 1. The molecule has 2 aliphatic rings. The number of hydrogen-bond acceptors (Lipinski definition) is 4. The van der Waals surface area contributed by atoms with Gasteiger partial charge in [0.2, 0.25) is 0 Å². The Morgan fingerprint density at radius 1 is 1.26 bits per heavy atom. The van der Waals surface area contributed by atoms with Crippen molar-refractivity contribution < 1.29 is 4.74 Å². The van der Waals surface area contributed by atoms with Gasteiger partial charge in [0.25, 0.3) is 0 Å². The summed E-state index contributed by atoms with van der Waals surface area (Å²) in [4.78, 5) is 12.0. The van der Waals surface area contributed by atoms with Crippen LogP contribution in [0, 0.1) is 5.92 Å². The summed E-state index contributed by atoms with van der Waals surface area (Å²) in [7, 11) is 2.24. The van der Waals surface area contributed by atoms with Gasteiger partial charge in [-0.05, 0) is 57.3 Å². The van der Waals surface area contributed by atoms with Crippen LogP contribution in [0.5, 0.6) is 0 Å². The highest BCUT2D eigenvalue weighted by Gasteiger charge is 2.25. The monoisotopic (exact) mass is 314 g/mol. The van der Waals surface area contributed by atoms with Gasteiger partial charge in [-0.3, -0.25) is 0 Å². The molecule has 0 aromatic carbocycles. The molecule has 124 valence electrons. The first-order valence-electron chi connectivity index (χ1n) is 8.89. The Labute approximate surface area is 137 Å². The van der Waals surface area contributed by atoms with Gasteiger partial charge in [0.1, 0.15) is 11.3 Å². The van der Waals surface area contributed by atoms with Crippen molar-refractivity contribution in [3.8, 4) is 0 Å². The van der Waals surface area contributed by atoms with Crippen LogP contribution in [0.15, 0.2) is 18.3 Å². The van der Waals surface area contributed by atoms with Crippen LogP contribution in [-0.2, 0) is 17.7 Å². The SMILES string of the molecule is CN1CCCC1Cc1nc2cccnc2n1CC1CCOCC1. The van der Waals surface area contributed by atoms with Crippen molar-refractivity contribution in [2.45, 2.75) is 44.7 Å². The number of likely N-dealkylation sites (tertiary alicyclic amines) is 1. The van der Waals surface area contributed by atoms with E-state index in [-0.39, 0.29) is 0 Å². The van der Waals surface area contributed by atoms with Gasteiger partial charge in [-0.25, -0.2) is 9.97 Å². The standard InChI is InChI=1S/C18H26N4O/c1-21-9-3-4-15(21)12-17-20-16-5-2-8-19-18(16)22(17)13-14-6-10-23-11-7-14/h2,5,8,14-15H,3-4,6-7,9-13H2,1H3. The third kappa shape index (κ3) is 3.12. The van der Waals surface area contributed by atoms with Crippen molar-refractivity contribution in [1.29, 1.82) is 0 Å². The van der Waals surface area contributed by atoms with Gasteiger partial charge in [0.15, 0.2) is 5.65 Å². The number of likely N-dealkylation sites (N-methyl/N-ethyl adjacent to an activating group) is 1. The van der Waals surface area contributed by atoms with Gasteiger partial charge >= 0.3 is 0 Å². The molecule has 0 aliphatic carbocycles. The Balaban J connectivity index is 1.63. The molecular weight excluding hydrogens is 288 g/mol. The molecule has 2 fully saturated rings. The van der Waals surface area contributed by atoms with E-state index in [0.717, 1.165) is 50.2 Å². The van der Waals surface area contributed by atoms with Crippen LogP contribution in [0.25, 0.3) is 11.2 Å². The number of ether oxygens (including phenoxy) is 1. The largest absolute Gasteiger partial charge is 0.381 e. The van der Waals surface area contributed by atoms with E-state index >= 15 is 0 Å². The van der Waals surface area contributed by atoms with Gasteiger partial charge in [-0.2, -0.15) is 0 Å². The van der Waals surface area contributed by atoms with Crippen molar-refractivity contribution >= 4 is 11.2 Å². The molecule has 1 unspecified atom stereocenters.